The Morgan fingerprint density at radius 2 is 1.84 bits per heavy atom. The second kappa shape index (κ2) is 6.83. The van der Waals surface area contributed by atoms with Gasteiger partial charge in [0, 0.05) is 27.6 Å². The first-order valence-electron chi connectivity index (χ1n) is 5.81. The zero-order valence-corrected chi connectivity index (χ0v) is 14.4. The Hall–Kier alpha value is -0.430. The lowest BCUT2D eigenvalue weighted by Gasteiger charge is -2.27. The van der Waals surface area contributed by atoms with E-state index in [0.29, 0.717) is 12.1 Å². The third-order valence-electron chi connectivity index (χ3n) is 2.41. The number of hydrogen-bond acceptors (Lipinski definition) is 3. The molecule has 0 spiro atoms. The number of benzene rings is 1. The fourth-order valence-corrected chi connectivity index (χ4v) is 3.09. The van der Waals surface area contributed by atoms with Gasteiger partial charge in [0.25, 0.3) is 5.91 Å². The number of hydrogen-bond donors (Lipinski definition) is 2. The van der Waals surface area contributed by atoms with E-state index in [0.717, 1.165) is 8.95 Å². The fraction of sp³-hybridized carbons (Fsp3) is 0.462. The van der Waals surface area contributed by atoms with Crippen molar-refractivity contribution in [3.63, 3.8) is 0 Å². The molecule has 1 aromatic rings. The van der Waals surface area contributed by atoms with Crippen LogP contribution in [0.3, 0.4) is 0 Å². The van der Waals surface area contributed by atoms with E-state index < -0.39 is 5.60 Å². The SMILES string of the molecule is CN(C)CC(C)(O)CNC(=O)c1cc(Br)cc(Br)c1. The van der Waals surface area contributed by atoms with Crippen LogP contribution in [0.1, 0.15) is 17.3 Å². The van der Waals surface area contributed by atoms with E-state index in [9.17, 15) is 9.90 Å². The predicted octanol–water partition coefficient (Wildman–Crippen LogP) is 2.25. The molecule has 1 amide bonds. The molecule has 1 aromatic carbocycles. The molecule has 0 aliphatic carbocycles. The summed E-state index contributed by atoms with van der Waals surface area (Å²) in [6, 6.07) is 5.33. The number of likely N-dealkylation sites (N-methyl/N-ethyl adjacent to an activating group) is 1. The number of carbonyl (C=O) groups is 1. The molecule has 6 heteroatoms. The van der Waals surface area contributed by atoms with Crippen LogP contribution < -0.4 is 5.32 Å². The van der Waals surface area contributed by atoms with E-state index in [1.165, 1.54) is 0 Å². The number of carbonyl (C=O) groups excluding carboxylic acids is 1. The van der Waals surface area contributed by atoms with Crippen LogP contribution in [0.4, 0.5) is 0 Å². The molecule has 1 rings (SSSR count). The number of nitrogens with zero attached hydrogens (tertiary/aromatic N) is 1. The average molecular weight is 394 g/mol. The van der Waals surface area contributed by atoms with Gasteiger partial charge in [0.05, 0.1) is 5.60 Å². The minimum atomic E-state index is -0.956. The molecule has 1 atom stereocenters. The molecule has 0 fully saturated rings. The van der Waals surface area contributed by atoms with Crippen LogP contribution >= 0.6 is 31.9 Å². The van der Waals surface area contributed by atoms with Gasteiger partial charge in [-0.05, 0) is 39.2 Å². The molecule has 106 valence electrons. The van der Waals surface area contributed by atoms with Gasteiger partial charge in [-0.2, -0.15) is 0 Å². The fourth-order valence-electron chi connectivity index (χ4n) is 1.79. The molecule has 0 heterocycles. The van der Waals surface area contributed by atoms with Crippen LogP contribution in [-0.2, 0) is 0 Å². The zero-order chi connectivity index (χ0) is 14.6. The van der Waals surface area contributed by atoms with Gasteiger partial charge < -0.3 is 15.3 Å². The maximum Gasteiger partial charge on any atom is 0.251 e. The van der Waals surface area contributed by atoms with Crippen molar-refractivity contribution in [1.82, 2.24) is 10.2 Å². The van der Waals surface area contributed by atoms with E-state index in [-0.39, 0.29) is 12.5 Å². The van der Waals surface area contributed by atoms with Crippen molar-refractivity contribution in [2.45, 2.75) is 12.5 Å². The molecule has 2 N–H and O–H groups in total. The first-order chi connectivity index (χ1) is 8.69. The predicted molar refractivity (Wildman–Crippen MR) is 83.4 cm³/mol. The second-order valence-corrected chi connectivity index (χ2v) is 6.91. The molecule has 4 nitrogen and oxygen atoms in total. The summed E-state index contributed by atoms with van der Waals surface area (Å²) in [6.07, 6.45) is 0. The van der Waals surface area contributed by atoms with E-state index in [1.54, 1.807) is 19.1 Å². The minimum Gasteiger partial charge on any atom is -0.387 e. The van der Waals surface area contributed by atoms with Gasteiger partial charge in [0.2, 0.25) is 0 Å². The summed E-state index contributed by atoms with van der Waals surface area (Å²) in [6.45, 7) is 2.38. The van der Waals surface area contributed by atoms with E-state index in [2.05, 4.69) is 37.2 Å². The van der Waals surface area contributed by atoms with Crippen LogP contribution in [0.5, 0.6) is 0 Å². The van der Waals surface area contributed by atoms with E-state index in [1.807, 2.05) is 25.1 Å². The minimum absolute atomic E-state index is 0.203. The molecule has 0 aliphatic rings. The van der Waals surface area contributed by atoms with Crippen LogP contribution in [0.25, 0.3) is 0 Å². The van der Waals surface area contributed by atoms with Crippen LogP contribution in [-0.4, -0.2) is 48.7 Å². The molecule has 19 heavy (non-hydrogen) atoms. The monoisotopic (exact) mass is 392 g/mol. The molecule has 0 aliphatic heterocycles. The Labute approximate surface area is 130 Å². The van der Waals surface area contributed by atoms with Crippen molar-refractivity contribution in [3.05, 3.63) is 32.7 Å². The van der Waals surface area contributed by atoms with Gasteiger partial charge in [-0.1, -0.05) is 31.9 Å². The summed E-state index contributed by atoms with van der Waals surface area (Å²) in [5.74, 6) is -0.207. The topological polar surface area (TPSA) is 52.6 Å². The zero-order valence-electron chi connectivity index (χ0n) is 11.2. The highest BCUT2D eigenvalue weighted by Crippen LogP contribution is 2.20. The highest BCUT2D eigenvalue weighted by molar-refractivity contribution is 9.11. The largest absolute Gasteiger partial charge is 0.387 e. The Kier molecular flexibility index (Phi) is 5.98. The lowest BCUT2D eigenvalue weighted by atomic mass is 10.1. The molecule has 0 saturated heterocycles. The Morgan fingerprint density at radius 3 is 2.32 bits per heavy atom. The molecule has 1 unspecified atom stereocenters. The van der Waals surface area contributed by atoms with Gasteiger partial charge in [0.1, 0.15) is 0 Å². The summed E-state index contributed by atoms with van der Waals surface area (Å²) in [7, 11) is 3.75. The molecular formula is C13H18Br2N2O2. The summed E-state index contributed by atoms with van der Waals surface area (Å²) in [4.78, 5) is 13.9. The number of rotatable bonds is 5. The Bertz CT molecular complexity index is 442. The van der Waals surface area contributed by atoms with Gasteiger partial charge in [-0.15, -0.1) is 0 Å². The lowest BCUT2D eigenvalue weighted by Crippen LogP contribution is -2.47. The van der Waals surface area contributed by atoms with Gasteiger partial charge in [-0.25, -0.2) is 0 Å². The van der Waals surface area contributed by atoms with E-state index in [4.69, 9.17) is 0 Å². The third-order valence-corrected chi connectivity index (χ3v) is 3.33. The number of amides is 1. The van der Waals surface area contributed by atoms with Crippen molar-refractivity contribution in [2.75, 3.05) is 27.2 Å². The summed E-state index contributed by atoms with van der Waals surface area (Å²) >= 11 is 6.68. The van der Waals surface area contributed by atoms with Crippen molar-refractivity contribution in [1.29, 1.82) is 0 Å². The highest BCUT2D eigenvalue weighted by atomic mass is 79.9. The summed E-state index contributed by atoms with van der Waals surface area (Å²) in [5.41, 5.74) is -0.413. The molecular weight excluding hydrogens is 376 g/mol. The number of nitrogens with one attached hydrogen (secondary N) is 1. The van der Waals surface area contributed by atoms with Crippen LogP contribution in [0.2, 0.25) is 0 Å². The normalized spacial score (nSPS) is 14.3. The van der Waals surface area contributed by atoms with Crippen molar-refractivity contribution < 1.29 is 9.90 Å². The third kappa shape index (κ3) is 6.03. The smallest absolute Gasteiger partial charge is 0.251 e. The number of halogens is 2. The molecule has 0 bridgehead atoms. The maximum atomic E-state index is 12.0. The highest BCUT2D eigenvalue weighted by Gasteiger charge is 2.22. The maximum absolute atomic E-state index is 12.0. The summed E-state index contributed by atoms with van der Waals surface area (Å²) < 4.78 is 1.65. The molecule has 0 saturated carbocycles. The van der Waals surface area contributed by atoms with Gasteiger partial charge in [0.15, 0.2) is 0 Å². The summed E-state index contributed by atoms with van der Waals surface area (Å²) in [5, 5.41) is 12.9. The van der Waals surface area contributed by atoms with Crippen LogP contribution in [0.15, 0.2) is 27.1 Å². The lowest BCUT2D eigenvalue weighted by molar-refractivity contribution is 0.0326. The van der Waals surface area contributed by atoms with Crippen molar-refractivity contribution >= 4 is 37.8 Å². The first kappa shape index (κ1) is 16.6. The van der Waals surface area contributed by atoms with Gasteiger partial charge >= 0.3 is 0 Å². The quantitative estimate of drug-likeness (QED) is 0.806. The Morgan fingerprint density at radius 1 is 1.32 bits per heavy atom. The molecule has 0 radical (unpaired) electrons. The average Bonchev–Trinajstić information content (AvgIpc) is 2.22. The van der Waals surface area contributed by atoms with Gasteiger partial charge in [-0.3, -0.25) is 4.79 Å². The van der Waals surface area contributed by atoms with Crippen molar-refractivity contribution in [2.24, 2.45) is 0 Å². The first-order valence-corrected chi connectivity index (χ1v) is 7.40. The van der Waals surface area contributed by atoms with E-state index >= 15 is 0 Å². The van der Waals surface area contributed by atoms with Crippen molar-refractivity contribution in [3.8, 4) is 0 Å². The number of aliphatic hydroxyl groups is 1. The van der Waals surface area contributed by atoms with Crippen LogP contribution in [0, 0.1) is 0 Å². The molecule has 0 aromatic heterocycles. The second-order valence-electron chi connectivity index (χ2n) is 5.08. The standard InChI is InChI=1S/C13H18Br2N2O2/c1-13(19,8-17(2)3)7-16-12(18)9-4-10(14)6-11(15)5-9/h4-6,19H,7-8H2,1-3H3,(H,16,18). The Balaban J connectivity index is 2.65.